The Morgan fingerprint density at radius 1 is 1.09 bits per heavy atom. The molecule has 0 bridgehead atoms. The Bertz CT molecular complexity index is 936. The number of hydrogen-bond donors (Lipinski definition) is 0. The summed E-state index contributed by atoms with van der Waals surface area (Å²) in [5.41, 5.74) is 1.18. The van der Waals surface area contributed by atoms with Gasteiger partial charge in [0.05, 0.1) is 18.9 Å². The minimum absolute atomic E-state index is 0.0490. The third kappa shape index (κ3) is 2.16. The van der Waals surface area contributed by atoms with Crippen molar-refractivity contribution in [3.8, 4) is 5.75 Å². The van der Waals surface area contributed by atoms with Gasteiger partial charge in [0.25, 0.3) is 0 Å². The smallest absolute Gasteiger partial charge is 0.599 e. The third-order valence-corrected chi connectivity index (χ3v) is 3.75. The molecule has 7 heteroatoms. The van der Waals surface area contributed by atoms with Crippen LogP contribution in [0.5, 0.6) is 5.75 Å². The van der Waals surface area contributed by atoms with E-state index in [9.17, 15) is 8.63 Å². The van der Waals surface area contributed by atoms with Gasteiger partial charge < -0.3 is 22.4 Å². The highest BCUT2D eigenvalue weighted by atomic mass is 19.3. The molecule has 0 radical (unpaired) electrons. The molecule has 0 unspecified atom stereocenters. The Kier molecular flexibility index (Phi) is 2.91. The first-order chi connectivity index (χ1) is 11.1. The van der Waals surface area contributed by atoms with Crippen LogP contribution in [-0.4, -0.2) is 14.1 Å². The van der Waals surface area contributed by atoms with Crippen LogP contribution in [-0.2, 0) is 4.65 Å². The first-order valence-corrected chi connectivity index (χ1v) is 7.08. The molecule has 0 aliphatic carbocycles. The number of para-hydroxylation sites is 2. The van der Waals surface area contributed by atoms with Crippen LogP contribution in [0.1, 0.15) is 11.5 Å². The molecule has 0 atom stereocenters. The van der Waals surface area contributed by atoms with Crippen LogP contribution in [0.25, 0.3) is 22.9 Å². The zero-order chi connectivity index (χ0) is 16.0. The molecule has 0 fully saturated rings. The van der Waals surface area contributed by atoms with Crippen LogP contribution >= 0.6 is 0 Å². The van der Waals surface area contributed by atoms with Crippen LogP contribution in [0.4, 0.5) is 8.63 Å². The quantitative estimate of drug-likeness (QED) is 0.679. The van der Waals surface area contributed by atoms with Gasteiger partial charge in [0, 0.05) is 11.6 Å². The summed E-state index contributed by atoms with van der Waals surface area (Å²) >= 11 is 0. The summed E-state index contributed by atoms with van der Waals surface area (Å²) < 4.78 is 45.6. The SMILES string of the molecule is COc1cccc(C2=Cc3oc4ccccc4[n+]3[B-](F)(F)O2)c1. The van der Waals surface area contributed by atoms with Gasteiger partial charge in [-0.05, 0) is 18.2 Å². The van der Waals surface area contributed by atoms with E-state index in [1.165, 1.54) is 13.2 Å². The van der Waals surface area contributed by atoms with E-state index in [1.807, 2.05) is 0 Å². The van der Waals surface area contributed by atoms with Gasteiger partial charge in [-0.1, -0.05) is 24.3 Å². The maximum absolute atomic E-state index is 14.5. The minimum Gasteiger partial charge on any atom is -0.599 e. The van der Waals surface area contributed by atoms with Crippen molar-refractivity contribution in [3.63, 3.8) is 0 Å². The summed E-state index contributed by atoms with van der Waals surface area (Å²) in [4.78, 5) is 0. The van der Waals surface area contributed by atoms with Crippen LogP contribution in [0, 0.1) is 0 Å². The highest BCUT2D eigenvalue weighted by molar-refractivity contribution is 6.51. The van der Waals surface area contributed by atoms with Gasteiger partial charge in [-0.2, -0.15) is 0 Å². The second kappa shape index (κ2) is 4.84. The van der Waals surface area contributed by atoms with E-state index in [4.69, 9.17) is 13.8 Å². The Morgan fingerprint density at radius 2 is 1.91 bits per heavy atom. The van der Waals surface area contributed by atoms with Crippen molar-refractivity contribution < 1.29 is 26.9 Å². The van der Waals surface area contributed by atoms with Crippen LogP contribution in [0.3, 0.4) is 0 Å². The molecule has 4 rings (SSSR count). The zero-order valence-corrected chi connectivity index (χ0v) is 12.2. The predicted octanol–water partition coefficient (Wildman–Crippen LogP) is 3.48. The average Bonchev–Trinajstić information content (AvgIpc) is 2.93. The Labute approximate surface area is 130 Å². The standard InChI is InChI=1S/C16H12BF2NO3/c1-21-12-6-4-5-11(9-12)15-10-16-20(17(18,19)23-15)13-7-2-3-8-14(13)22-16/h2-10H,1H3. The Balaban J connectivity index is 1.91. The lowest BCUT2D eigenvalue weighted by atomic mass is 10.00. The second-order valence-corrected chi connectivity index (χ2v) is 5.20. The molecular weight excluding hydrogens is 303 g/mol. The minimum atomic E-state index is -4.28. The monoisotopic (exact) mass is 315 g/mol. The Morgan fingerprint density at radius 3 is 2.74 bits per heavy atom. The van der Waals surface area contributed by atoms with Crippen molar-refractivity contribution in [1.82, 2.24) is 0 Å². The number of ether oxygens (including phenoxy) is 1. The molecule has 0 spiro atoms. The molecule has 2 heterocycles. The molecule has 4 nitrogen and oxygen atoms in total. The van der Waals surface area contributed by atoms with Crippen LogP contribution < -0.4 is 9.21 Å². The maximum Gasteiger partial charge on any atom is 0.837 e. The van der Waals surface area contributed by atoms with E-state index >= 15 is 0 Å². The fraction of sp³-hybridized carbons (Fsp3) is 0.0625. The summed E-state index contributed by atoms with van der Waals surface area (Å²) in [5, 5.41) is 0. The van der Waals surface area contributed by atoms with Crippen LogP contribution in [0.2, 0.25) is 0 Å². The van der Waals surface area contributed by atoms with E-state index in [-0.39, 0.29) is 11.6 Å². The number of methoxy groups -OCH3 is 1. The molecule has 3 aromatic rings. The summed E-state index contributed by atoms with van der Waals surface area (Å²) in [6.07, 6.45) is 1.47. The van der Waals surface area contributed by atoms with Gasteiger partial charge in [0.2, 0.25) is 5.52 Å². The topological polar surface area (TPSA) is 35.5 Å². The summed E-state index contributed by atoms with van der Waals surface area (Å²) in [6, 6.07) is 13.4. The van der Waals surface area contributed by atoms with Crippen molar-refractivity contribution in [1.29, 1.82) is 0 Å². The number of nitrogens with zero attached hydrogens (tertiary/aromatic N) is 1. The average molecular weight is 315 g/mol. The molecular formula is C16H12BF2NO3. The number of halogens is 2. The molecule has 1 aliphatic rings. The van der Waals surface area contributed by atoms with E-state index in [0.29, 0.717) is 22.4 Å². The first-order valence-electron chi connectivity index (χ1n) is 7.08. The zero-order valence-electron chi connectivity index (χ0n) is 12.2. The molecule has 23 heavy (non-hydrogen) atoms. The van der Waals surface area contributed by atoms with Crippen molar-refractivity contribution in [3.05, 3.63) is 60.0 Å². The highest BCUT2D eigenvalue weighted by Gasteiger charge is 2.52. The first kappa shape index (κ1) is 13.8. The molecule has 1 aliphatic heterocycles. The van der Waals surface area contributed by atoms with Gasteiger partial charge in [-0.15, -0.1) is 0 Å². The number of fused-ring (bicyclic) bond motifs is 3. The fourth-order valence-corrected chi connectivity index (χ4v) is 2.71. The second-order valence-electron chi connectivity index (χ2n) is 5.20. The molecule has 0 N–H and O–H groups in total. The van der Waals surface area contributed by atoms with Gasteiger partial charge in [0.1, 0.15) is 5.75 Å². The van der Waals surface area contributed by atoms with E-state index in [2.05, 4.69) is 0 Å². The van der Waals surface area contributed by atoms with Gasteiger partial charge in [-0.25, -0.2) is 0 Å². The largest absolute Gasteiger partial charge is 0.837 e. The van der Waals surface area contributed by atoms with Gasteiger partial charge >= 0.3 is 12.9 Å². The van der Waals surface area contributed by atoms with E-state index in [0.717, 1.165) is 4.48 Å². The van der Waals surface area contributed by atoms with E-state index in [1.54, 1.807) is 48.5 Å². The molecule has 0 amide bonds. The van der Waals surface area contributed by atoms with E-state index < -0.39 is 7.04 Å². The van der Waals surface area contributed by atoms with Crippen molar-refractivity contribution in [2.75, 3.05) is 7.11 Å². The van der Waals surface area contributed by atoms with Crippen LogP contribution in [0.15, 0.2) is 52.9 Å². The predicted molar refractivity (Wildman–Crippen MR) is 81.7 cm³/mol. The van der Waals surface area contributed by atoms with Crippen molar-refractivity contribution >= 4 is 30.0 Å². The summed E-state index contributed by atoms with van der Waals surface area (Å²) in [5.74, 6) is 0.666. The number of aromatic nitrogens is 1. The number of rotatable bonds is 2. The summed E-state index contributed by atoms with van der Waals surface area (Å²) in [7, 11) is -2.77. The van der Waals surface area contributed by atoms with Crippen molar-refractivity contribution in [2.45, 2.75) is 0 Å². The third-order valence-electron chi connectivity index (χ3n) is 3.75. The normalized spacial score (nSPS) is 15.7. The molecule has 0 saturated carbocycles. The number of benzene rings is 2. The molecule has 2 aromatic carbocycles. The summed E-state index contributed by atoms with van der Waals surface area (Å²) in [6.45, 7) is 0. The lowest BCUT2D eigenvalue weighted by molar-refractivity contribution is -0.562. The number of hydrogen-bond acceptors (Lipinski definition) is 3. The fourth-order valence-electron chi connectivity index (χ4n) is 2.71. The van der Waals surface area contributed by atoms with Gasteiger partial charge in [-0.3, -0.25) is 4.48 Å². The van der Waals surface area contributed by atoms with Gasteiger partial charge in [0.15, 0.2) is 5.58 Å². The lowest BCUT2D eigenvalue weighted by Crippen LogP contribution is -2.62. The molecule has 1 aromatic heterocycles. The number of oxazole rings is 1. The molecule has 0 saturated heterocycles. The maximum atomic E-state index is 14.5. The van der Waals surface area contributed by atoms with Crippen molar-refractivity contribution in [2.24, 2.45) is 0 Å². The molecule has 116 valence electrons. The Hall–Kier alpha value is -2.83. The highest BCUT2D eigenvalue weighted by Crippen LogP contribution is 2.31. The lowest BCUT2D eigenvalue weighted by Gasteiger charge is -2.25.